The maximum atomic E-state index is 2.56. The summed E-state index contributed by atoms with van der Waals surface area (Å²) in [6, 6.07) is 9.83. The fourth-order valence-electron chi connectivity index (χ4n) is 3.74. The lowest BCUT2D eigenvalue weighted by Crippen LogP contribution is -2.54. The van der Waals surface area contributed by atoms with E-state index < -0.39 is 0 Å². The van der Waals surface area contributed by atoms with Crippen molar-refractivity contribution in [2.24, 2.45) is 5.92 Å². The molecule has 3 atom stereocenters. The lowest BCUT2D eigenvalue weighted by atomic mass is 9.60. The summed E-state index contributed by atoms with van der Waals surface area (Å²) in [5.41, 5.74) is 3.61. The zero-order valence-electron chi connectivity index (χ0n) is 10.5. The number of likely N-dealkylation sites (tertiary alicyclic amines) is 1. The Morgan fingerprint density at radius 3 is 2.88 bits per heavy atom. The number of hydrogen-bond acceptors (Lipinski definition) is 1. The minimum Gasteiger partial charge on any atom is -0.303 e. The smallest absolute Gasteiger partial charge is 0.0141 e. The number of hydrogen-bond donors (Lipinski definition) is 0. The highest BCUT2D eigenvalue weighted by molar-refractivity contribution is 5.39. The Labute approximate surface area is 98.5 Å². The van der Waals surface area contributed by atoms with Crippen molar-refractivity contribution in [3.8, 4) is 0 Å². The Morgan fingerprint density at radius 2 is 2.06 bits per heavy atom. The van der Waals surface area contributed by atoms with Gasteiger partial charge in [0.2, 0.25) is 0 Å². The second-order valence-corrected chi connectivity index (χ2v) is 5.98. The van der Waals surface area contributed by atoms with Crippen LogP contribution in [0.15, 0.2) is 24.3 Å². The van der Waals surface area contributed by atoms with Crippen LogP contribution in [0.1, 0.15) is 31.4 Å². The van der Waals surface area contributed by atoms with E-state index in [2.05, 4.69) is 50.1 Å². The van der Waals surface area contributed by atoms with Crippen molar-refractivity contribution in [1.29, 1.82) is 0 Å². The molecule has 0 spiro atoms. The van der Waals surface area contributed by atoms with Crippen LogP contribution in [0.5, 0.6) is 0 Å². The van der Waals surface area contributed by atoms with E-state index >= 15 is 0 Å². The number of rotatable bonds is 0. The maximum Gasteiger partial charge on any atom is 0.0141 e. The lowest BCUT2D eigenvalue weighted by molar-refractivity contribution is 0.0642. The van der Waals surface area contributed by atoms with Crippen LogP contribution < -0.4 is 0 Å². The number of piperidine rings is 1. The van der Waals surface area contributed by atoms with Gasteiger partial charge in [-0.05, 0) is 42.3 Å². The number of likely N-dealkylation sites (N-methyl/N-ethyl adjacent to an activating group) is 1. The Hall–Kier alpha value is -0.820. The normalized spacial score (nSPS) is 38.2. The minimum atomic E-state index is 0.409. The molecule has 1 aromatic rings. The predicted molar refractivity (Wildman–Crippen MR) is 67.7 cm³/mol. The molecule has 2 aliphatic rings. The highest BCUT2D eigenvalue weighted by Gasteiger charge is 2.45. The molecule has 1 nitrogen and oxygen atoms in total. The molecule has 3 rings (SSSR count). The molecule has 1 fully saturated rings. The fraction of sp³-hybridized carbons (Fsp3) is 0.600. The van der Waals surface area contributed by atoms with Crippen molar-refractivity contribution in [1.82, 2.24) is 4.90 Å². The van der Waals surface area contributed by atoms with Gasteiger partial charge in [0.15, 0.2) is 0 Å². The molecular formula is C15H21N. The van der Waals surface area contributed by atoms with Crippen LogP contribution in [0, 0.1) is 5.92 Å². The van der Waals surface area contributed by atoms with E-state index in [4.69, 9.17) is 0 Å². The second kappa shape index (κ2) is 3.33. The third-order valence-corrected chi connectivity index (χ3v) is 5.02. The van der Waals surface area contributed by atoms with E-state index in [1.807, 2.05) is 0 Å². The highest BCUT2D eigenvalue weighted by atomic mass is 15.1. The first-order chi connectivity index (χ1) is 7.61. The van der Waals surface area contributed by atoms with Gasteiger partial charge >= 0.3 is 0 Å². The van der Waals surface area contributed by atoms with E-state index in [-0.39, 0.29) is 0 Å². The van der Waals surface area contributed by atoms with Gasteiger partial charge in [0.25, 0.3) is 0 Å². The predicted octanol–water partition coefficient (Wildman–Crippen LogP) is 2.84. The largest absolute Gasteiger partial charge is 0.303 e. The summed E-state index contributed by atoms with van der Waals surface area (Å²) in [5.74, 6) is 0.759. The van der Waals surface area contributed by atoms with Crippen LogP contribution in [0.2, 0.25) is 0 Å². The summed E-state index contributed by atoms with van der Waals surface area (Å²) in [5, 5.41) is 0. The number of fused-ring (bicyclic) bond motifs is 4. The Kier molecular flexibility index (Phi) is 2.16. The molecule has 1 aliphatic carbocycles. The van der Waals surface area contributed by atoms with Crippen LogP contribution in [0.25, 0.3) is 0 Å². The van der Waals surface area contributed by atoms with E-state index in [9.17, 15) is 0 Å². The summed E-state index contributed by atoms with van der Waals surface area (Å²) in [6.07, 6.45) is 2.58. The molecule has 0 amide bonds. The van der Waals surface area contributed by atoms with Gasteiger partial charge in [-0.1, -0.05) is 38.1 Å². The van der Waals surface area contributed by atoms with Gasteiger partial charge in [-0.25, -0.2) is 0 Å². The molecule has 16 heavy (non-hydrogen) atoms. The zero-order chi connectivity index (χ0) is 11.3. The highest BCUT2D eigenvalue weighted by Crippen LogP contribution is 2.46. The molecule has 86 valence electrons. The van der Waals surface area contributed by atoms with Crippen LogP contribution in [0.3, 0.4) is 0 Å². The molecule has 0 N–H and O–H groups in total. The number of nitrogens with zero attached hydrogens (tertiary/aromatic N) is 1. The van der Waals surface area contributed by atoms with Crippen molar-refractivity contribution in [2.45, 2.75) is 38.1 Å². The van der Waals surface area contributed by atoms with Gasteiger partial charge in [0, 0.05) is 12.6 Å². The molecule has 1 heteroatoms. The molecule has 1 heterocycles. The van der Waals surface area contributed by atoms with Crippen molar-refractivity contribution in [3.05, 3.63) is 35.4 Å². The van der Waals surface area contributed by atoms with Gasteiger partial charge in [-0.2, -0.15) is 0 Å². The van der Waals surface area contributed by atoms with Gasteiger partial charge in [0.1, 0.15) is 0 Å². The first kappa shape index (κ1) is 10.3. The third kappa shape index (κ3) is 1.27. The second-order valence-electron chi connectivity index (χ2n) is 5.98. The van der Waals surface area contributed by atoms with E-state index in [1.165, 1.54) is 19.4 Å². The van der Waals surface area contributed by atoms with Crippen LogP contribution in [0.4, 0.5) is 0 Å². The molecular weight excluding hydrogens is 194 g/mol. The monoisotopic (exact) mass is 215 g/mol. The molecule has 0 saturated carbocycles. The lowest BCUT2D eigenvalue weighted by Gasteiger charge is -2.52. The summed E-state index contributed by atoms with van der Waals surface area (Å²) in [4.78, 5) is 2.56. The maximum absolute atomic E-state index is 2.56. The van der Waals surface area contributed by atoms with Gasteiger partial charge in [0.05, 0.1) is 0 Å². The zero-order valence-corrected chi connectivity index (χ0v) is 10.5. The van der Waals surface area contributed by atoms with Crippen LogP contribution >= 0.6 is 0 Å². The Morgan fingerprint density at radius 1 is 1.31 bits per heavy atom. The third-order valence-electron chi connectivity index (χ3n) is 5.02. The molecule has 2 bridgehead atoms. The molecule has 0 aromatic heterocycles. The van der Waals surface area contributed by atoms with E-state index in [0.717, 1.165) is 12.0 Å². The summed E-state index contributed by atoms with van der Waals surface area (Å²) >= 11 is 0. The Bertz CT molecular complexity index is 412. The fourth-order valence-corrected chi connectivity index (χ4v) is 3.74. The van der Waals surface area contributed by atoms with E-state index in [0.29, 0.717) is 5.41 Å². The van der Waals surface area contributed by atoms with Crippen LogP contribution in [-0.2, 0) is 11.8 Å². The average Bonchev–Trinajstić information content (AvgIpc) is 2.27. The molecule has 1 aliphatic heterocycles. The Balaban J connectivity index is 2.13. The topological polar surface area (TPSA) is 3.24 Å². The average molecular weight is 215 g/mol. The first-order valence-corrected chi connectivity index (χ1v) is 6.40. The standard InChI is InChI=1S/C15H21N/c1-11-10-16(3)13-8-12-6-4-5-7-14(12)15(11,2)9-13/h4-7,11,13H,8-10H2,1-3H3/t11-,13+,15-/m1/s1. The quantitative estimate of drug-likeness (QED) is 0.643. The van der Waals surface area contributed by atoms with Crippen LogP contribution in [-0.4, -0.2) is 24.5 Å². The molecule has 0 unspecified atom stereocenters. The van der Waals surface area contributed by atoms with Gasteiger partial charge in [-0.15, -0.1) is 0 Å². The van der Waals surface area contributed by atoms with Crippen molar-refractivity contribution >= 4 is 0 Å². The summed E-state index contributed by atoms with van der Waals surface area (Å²) in [7, 11) is 2.29. The SMILES string of the molecule is C[C@@H]1CN(C)[C@H]2Cc3ccccc3[C@]1(C)C2. The summed E-state index contributed by atoms with van der Waals surface area (Å²) < 4.78 is 0. The molecule has 0 radical (unpaired) electrons. The summed E-state index contributed by atoms with van der Waals surface area (Å²) in [6.45, 7) is 6.12. The van der Waals surface area contributed by atoms with E-state index in [1.54, 1.807) is 11.1 Å². The van der Waals surface area contributed by atoms with Crippen molar-refractivity contribution in [3.63, 3.8) is 0 Å². The number of benzene rings is 1. The van der Waals surface area contributed by atoms with Crippen molar-refractivity contribution in [2.75, 3.05) is 13.6 Å². The van der Waals surface area contributed by atoms with Gasteiger partial charge in [-0.3, -0.25) is 0 Å². The molecule has 1 saturated heterocycles. The minimum absolute atomic E-state index is 0.409. The first-order valence-electron chi connectivity index (χ1n) is 6.40. The van der Waals surface area contributed by atoms with Gasteiger partial charge < -0.3 is 4.90 Å². The van der Waals surface area contributed by atoms with Crippen molar-refractivity contribution < 1.29 is 0 Å². The molecule has 1 aromatic carbocycles.